The molecular formula is C16H19NO3. The molecule has 1 aliphatic carbocycles. The molecule has 2 atom stereocenters. The lowest BCUT2D eigenvalue weighted by atomic mass is 9.89. The number of ketones is 1. The molecule has 2 aromatic rings. The van der Waals surface area contributed by atoms with Gasteiger partial charge in [-0.15, -0.1) is 0 Å². The lowest BCUT2D eigenvalue weighted by Crippen LogP contribution is -2.17. The van der Waals surface area contributed by atoms with E-state index in [4.69, 9.17) is 4.42 Å². The smallest absolute Gasteiger partial charge is 0.408 e. The van der Waals surface area contributed by atoms with E-state index in [-0.39, 0.29) is 17.5 Å². The maximum absolute atomic E-state index is 12.5. The maximum Gasteiger partial charge on any atom is 0.419 e. The molecule has 1 aromatic heterocycles. The Kier molecular flexibility index (Phi) is 3.24. The van der Waals surface area contributed by atoms with Crippen LogP contribution in [0.1, 0.15) is 43.5 Å². The molecule has 0 amide bonds. The molecule has 0 N–H and O–H groups in total. The zero-order valence-electron chi connectivity index (χ0n) is 11.9. The van der Waals surface area contributed by atoms with Crippen molar-refractivity contribution in [2.75, 3.05) is 0 Å². The van der Waals surface area contributed by atoms with Crippen molar-refractivity contribution in [3.8, 4) is 0 Å². The number of carbonyl (C=O) groups excluding carboxylic acids is 1. The summed E-state index contributed by atoms with van der Waals surface area (Å²) in [4.78, 5) is 24.2. The quantitative estimate of drug-likeness (QED) is 0.807. The standard InChI is InChI=1S/C16H19NO3/c1-3-17-13-8-7-11(9-14(13)20-16(17)19)15(18)12-6-4-5-10(12)2/h7-10,12H,3-6H2,1-2H3. The molecule has 4 nitrogen and oxygen atoms in total. The summed E-state index contributed by atoms with van der Waals surface area (Å²) >= 11 is 0. The van der Waals surface area contributed by atoms with Crippen LogP contribution in [0.3, 0.4) is 0 Å². The molecule has 3 rings (SSSR count). The lowest BCUT2D eigenvalue weighted by Gasteiger charge is -2.13. The van der Waals surface area contributed by atoms with Crippen LogP contribution in [0.25, 0.3) is 11.1 Å². The third-order valence-corrected chi connectivity index (χ3v) is 4.47. The fourth-order valence-corrected chi connectivity index (χ4v) is 3.27. The number of nitrogens with zero attached hydrogens (tertiary/aromatic N) is 1. The molecule has 0 saturated heterocycles. The van der Waals surface area contributed by atoms with Gasteiger partial charge in [-0.3, -0.25) is 9.36 Å². The van der Waals surface area contributed by atoms with Gasteiger partial charge in [-0.05, 0) is 43.9 Å². The second-order valence-electron chi connectivity index (χ2n) is 5.67. The summed E-state index contributed by atoms with van der Waals surface area (Å²) in [5, 5.41) is 0. The van der Waals surface area contributed by atoms with Gasteiger partial charge in [-0.25, -0.2) is 4.79 Å². The van der Waals surface area contributed by atoms with E-state index in [1.807, 2.05) is 19.1 Å². The van der Waals surface area contributed by atoms with E-state index in [1.165, 1.54) is 0 Å². The average Bonchev–Trinajstić information content (AvgIpc) is 2.99. The second kappa shape index (κ2) is 4.93. The monoisotopic (exact) mass is 273 g/mol. The zero-order valence-corrected chi connectivity index (χ0v) is 11.9. The molecule has 0 aliphatic heterocycles. The molecule has 1 fully saturated rings. The Balaban J connectivity index is 2.01. The molecule has 4 heteroatoms. The van der Waals surface area contributed by atoms with Crippen LogP contribution >= 0.6 is 0 Å². The third-order valence-electron chi connectivity index (χ3n) is 4.47. The van der Waals surface area contributed by atoms with E-state index < -0.39 is 0 Å². The van der Waals surface area contributed by atoms with Crippen molar-refractivity contribution in [1.82, 2.24) is 4.57 Å². The van der Waals surface area contributed by atoms with Gasteiger partial charge in [0.25, 0.3) is 0 Å². The minimum absolute atomic E-state index is 0.118. The molecule has 0 radical (unpaired) electrons. The summed E-state index contributed by atoms with van der Waals surface area (Å²) in [6, 6.07) is 5.35. The topological polar surface area (TPSA) is 52.2 Å². The first-order valence-corrected chi connectivity index (χ1v) is 7.29. The van der Waals surface area contributed by atoms with Crippen LogP contribution in [0.5, 0.6) is 0 Å². The number of aryl methyl sites for hydroxylation is 1. The van der Waals surface area contributed by atoms with Crippen LogP contribution in [0.2, 0.25) is 0 Å². The van der Waals surface area contributed by atoms with E-state index >= 15 is 0 Å². The highest BCUT2D eigenvalue weighted by molar-refractivity contribution is 6.00. The minimum Gasteiger partial charge on any atom is -0.408 e. The van der Waals surface area contributed by atoms with E-state index in [0.29, 0.717) is 23.6 Å². The van der Waals surface area contributed by atoms with Crippen molar-refractivity contribution in [2.45, 2.75) is 39.7 Å². The number of rotatable bonds is 3. The second-order valence-corrected chi connectivity index (χ2v) is 5.67. The van der Waals surface area contributed by atoms with Crippen LogP contribution < -0.4 is 5.76 Å². The van der Waals surface area contributed by atoms with E-state index in [9.17, 15) is 9.59 Å². The van der Waals surface area contributed by atoms with Gasteiger partial charge in [0.2, 0.25) is 0 Å². The average molecular weight is 273 g/mol. The number of hydrogen-bond acceptors (Lipinski definition) is 3. The van der Waals surface area contributed by atoms with Gasteiger partial charge < -0.3 is 4.42 Å². The van der Waals surface area contributed by atoms with Crippen molar-refractivity contribution in [2.24, 2.45) is 11.8 Å². The lowest BCUT2D eigenvalue weighted by molar-refractivity contribution is 0.0897. The summed E-state index contributed by atoms with van der Waals surface area (Å²) in [5.74, 6) is 0.392. The Morgan fingerprint density at radius 1 is 1.40 bits per heavy atom. The maximum atomic E-state index is 12.5. The molecule has 1 saturated carbocycles. The molecule has 1 aromatic carbocycles. The summed E-state index contributed by atoms with van der Waals surface area (Å²) in [7, 11) is 0. The summed E-state index contributed by atoms with van der Waals surface area (Å²) < 4.78 is 6.80. The van der Waals surface area contributed by atoms with Crippen LogP contribution in [0.15, 0.2) is 27.4 Å². The van der Waals surface area contributed by atoms with Crippen molar-refractivity contribution in [3.63, 3.8) is 0 Å². The highest BCUT2D eigenvalue weighted by Crippen LogP contribution is 2.34. The predicted octanol–water partition coefficient (Wildman–Crippen LogP) is 3.23. The molecule has 1 heterocycles. The van der Waals surface area contributed by atoms with Gasteiger partial charge in [-0.1, -0.05) is 13.3 Å². The van der Waals surface area contributed by atoms with Crippen LogP contribution in [0.4, 0.5) is 0 Å². The molecule has 0 spiro atoms. The predicted molar refractivity (Wildman–Crippen MR) is 77.0 cm³/mol. The van der Waals surface area contributed by atoms with Crippen molar-refractivity contribution in [1.29, 1.82) is 0 Å². The molecule has 1 aliphatic rings. The largest absolute Gasteiger partial charge is 0.419 e. The fourth-order valence-electron chi connectivity index (χ4n) is 3.27. The van der Waals surface area contributed by atoms with Crippen LogP contribution in [-0.4, -0.2) is 10.4 Å². The highest BCUT2D eigenvalue weighted by atomic mass is 16.4. The molecule has 20 heavy (non-hydrogen) atoms. The van der Waals surface area contributed by atoms with Crippen molar-refractivity contribution < 1.29 is 9.21 Å². The Labute approximate surface area is 117 Å². The first-order valence-electron chi connectivity index (χ1n) is 7.29. The number of aromatic nitrogens is 1. The van der Waals surface area contributed by atoms with Crippen molar-refractivity contribution >= 4 is 16.9 Å². The number of Topliss-reactive ketones (excluding diaryl/α,β-unsaturated/α-hetero) is 1. The number of carbonyl (C=O) groups is 1. The van der Waals surface area contributed by atoms with Gasteiger partial charge >= 0.3 is 5.76 Å². The van der Waals surface area contributed by atoms with E-state index in [1.54, 1.807) is 10.6 Å². The number of benzene rings is 1. The van der Waals surface area contributed by atoms with Gasteiger partial charge in [-0.2, -0.15) is 0 Å². The first kappa shape index (κ1) is 13.2. The van der Waals surface area contributed by atoms with E-state index in [0.717, 1.165) is 24.8 Å². The normalized spacial score (nSPS) is 22.5. The minimum atomic E-state index is -0.360. The van der Waals surface area contributed by atoms with Gasteiger partial charge in [0.05, 0.1) is 5.52 Å². The van der Waals surface area contributed by atoms with Crippen LogP contribution in [-0.2, 0) is 6.54 Å². The van der Waals surface area contributed by atoms with Gasteiger partial charge in [0.1, 0.15) is 0 Å². The summed E-state index contributed by atoms with van der Waals surface area (Å²) in [6.45, 7) is 4.61. The Morgan fingerprint density at radius 3 is 2.85 bits per heavy atom. The highest BCUT2D eigenvalue weighted by Gasteiger charge is 2.30. The molecule has 106 valence electrons. The van der Waals surface area contributed by atoms with E-state index in [2.05, 4.69) is 6.92 Å². The number of oxazole rings is 1. The number of hydrogen-bond donors (Lipinski definition) is 0. The van der Waals surface area contributed by atoms with Gasteiger partial charge in [0, 0.05) is 18.0 Å². The molecule has 0 bridgehead atoms. The third kappa shape index (κ3) is 1.99. The van der Waals surface area contributed by atoms with Crippen molar-refractivity contribution in [3.05, 3.63) is 34.3 Å². The van der Waals surface area contributed by atoms with Crippen LogP contribution in [0, 0.1) is 11.8 Å². The molecule has 2 unspecified atom stereocenters. The molecular weight excluding hydrogens is 254 g/mol. The SMILES string of the molecule is CCn1c(=O)oc2cc(C(=O)C3CCCC3C)ccc21. The zero-order chi connectivity index (χ0) is 14.3. The number of fused-ring (bicyclic) bond motifs is 1. The fraction of sp³-hybridized carbons (Fsp3) is 0.500. The summed E-state index contributed by atoms with van der Waals surface area (Å²) in [5.41, 5.74) is 1.93. The first-order chi connectivity index (χ1) is 9.61. The summed E-state index contributed by atoms with van der Waals surface area (Å²) in [6.07, 6.45) is 3.22. The van der Waals surface area contributed by atoms with Gasteiger partial charge in [0.15, 0.2) is 11.4 Å². The Bertz CT molecular complexity index is 710. The Hall–Kier alpha value is -1.84. The Morgan fingerprint density at radius 2 is 2.20 bits per heavy atom.